The predicted molar refractivity (Wildman–Crippen MR) is 144 cm³/mol. The molecule has 1 heterocycles. The van der Waals surface area contributed by atoms with Crippen LogP contribution in [0.1, 0.15) is 12.5 Å². The van der Waals surface area contributed by atoms with E-state index in [1.807, 2.05) is 78.2 Å². The van der Waals surface area contributed by atoms with Crippen LogP contribution in [0, 0.1) is 0 Å². The van der Waals surface area contributed by atoms with Crippen LogP contribution in [0.4, 0.5) is 0 Å². The molecule has 9 nitrogen and oxygen atoms in total. The van der Waals surface area contributed by atoms with Crippen LogP contribution in [0.25, 0.3) is 17.1 Å². The van der Waals surface area contributed by atoms with E-state index in [0.717, 1.165) is 17.0 Å². The van der Waals surface area contributed by atoms with Crippen LogP contribution in [-0.4, -0.2) is 53.5 Å². The fraction of sp³-hybridized carbons (Fsp3) is 0.185. The Morgan fingerprint density at radius 3 is 2.49 bits per heavy atom. The second kappa shape index (κ2) is 12.6. The topological polar surface area (TPSA) is 99.9 Å². The number of hydrogen-bond acceptors (Lipinski definition) is 8. The van der Waals surface area contributed by atoms with Crippen LogP contribution in [0.15, 0.2) is 83.1 Å². The van der Waals surface area contributed by atoms with Crippen molar-refractivity contribution < 1.29 is 19.0 Å². The minimum absolute atomic E-state index is 0.0938. The number of nitrogens with one attached hydrogen (secondary N) is 1. The van der Waals surface area contributed by atoms with Crippen molar-refractivity contribution in [3.63, 3.8) is 0 Å². The first kappa shape index (κ1) is 25.8. The largest absolute Gasteiger partial charge is 0.494 e. The Kier molecular flexibility index (Phi) is 8.77. The molecule has 0 bridgehead atoms. The first-order chi connectivity index (χ1) is 18.1. The molecule has 0 saturated carbocycles. The standard InChI is InChI=1S/C27H27N5O4S/c1-4-36-22-15-13-21(14-16-22)32-26(19-9-6-5-7-10-19)30-31-27(32)37-18-24(33)29-28-17-20-11-8-12-23(34-2)25(20)35-3/h5-17H,4,18H2,1-3H3,(H,29,33). The van der Waals surface area contributed by atoms with Gasteiger partial charge in [-0.2, -0.15) is 5.10 Å². The fourth-order valence-corrected chi connectivity index (χ4v) is 4.32. The van der Waals surface area contributed by atoms with Gasteiger partial charge in [-0.25, -0.2) is 5.43 Å². The van der Waals surface area contributed by atoms with Crippen molar-refractivity contribution in [3.05, 3.63) is 78.4 Å². The van der Waals surface area contributed by atoms with Gasteiger partial charge in [-0.15, -0.1) is 10.2 Å². The number of amides is 1. The highest BCUT2D eigenvalue weighted by Gasteiger charge is 2.17. The number of carbonyl (C=O) groups excluding carboxylic acids is 1. The number of para-hydroxylation sites is 1. The van der Waals surface area contributed by atoms with Gasteiger partial charge in [0.05, 0.1) is 32.8 Å². The summed E-state index contributed by atoms with van der Waals surface area (Å²) in [5.41, 5.74) is 5.00. The highest BCUT2D eigenvalue weighted by Crippen LogP contribution is 2.30. The molecular formula is C27H27N5O4S. The van der Waals surface area contributed by atoms with Crippen molar-refractivity contribution in [1.82, 2.24) is 20.2 Å². The van der Waals surface area contributed by atoms with E-state index < -0.39 is 0 Å². The summed E-state index contributed by atoms with van der Waals surface area (Å²) in [6.07, 6.45) is 1.51. The van der Waals surface area contributed by atoms with E-state index in [9.17, 15) is 4.79 Å². The van der Waals surface area contributed by atoms with Crippen molar-refractivity contribution in [2.75, 3.05) is 26.6 Å². The number of hydrogen-bond donors (Lipinski definition) is 1. The predicted octanol–water partition coefficient (Wildman–Crippen LogP) is 4.59. The summed E-state index contributed by atoms with van der Waals surface area (Å²) in [4.78, 5) is 12.5. The van der Waals surface area contributed by atoms with Crippen molar-refractivity contribution in [2.24, 2.45) is 5.10 Å². The molecule has 1 amide bonds. The van der Waals surface area contributed by atoms with Gasteiger partial charge in [0.25, 0.3) is 5.91 Å². The number of ether oxygens (including phenoxy) is 3. The SMILES string of the molecule is CCOc1ccc(-n2c(SCC(=O)NN=Cc3cccc(OC)c3OC)nnc2-c2ccccc2)cc1. The lowest BCUT2D eigenvalue weighted by molar-refractivity contribution is -0.118. The van der Waals surface area contributed by atoms with Gasteiger partial charge in [0.15, 0.2) is 22.5 Å². The van der Waals surface area contributed by atoms with Gasteiger partial charge in [-0.1, -0.05) is 48.2 Å². The number of hydrazone groups is 1. The lowest BCUT2D eigenvalue weighted by Crippen LogP contribution is -2.20. The Morgan fingerprint density at radius 2 is 1.78 bits per heavy atom. The van der Waals surface area contributed by atoms with E-state index in [1.165, 1.54) is 18.0 Å². The number of rotatable bonds is 11. The molecule has 4 aromatic rings. The zero-order chi connectivity index (χ0) is 26.0. The number of nitrogens with zero attached hydrogens (tertiary/aromatic N) is 4. The number of thioether (sulfide) groups is 1. The molecule has 0 unspecified atom stereocenters. The second-order valence-corrected chi connectivity index (χ2v) is 8.54. The zero-order valence-corrected chi connectivity index (χ0v) is 21.6. The quantitative estimate of drug-likeness (QED) is 0.176. The molecule has 0 aliphatic carbocycles. The number of benzene rings is 3. The second-order valence-electron chi connectivity index (χ2n) is 7.60. The molecule has 0 spiro atoms. The van der Waals surface area contributed by atoms with Crippen LogP contribution < -0.4 is 19.6 Å². The van der Waals surface area contributed by atoms with Gasteiger partial charge in [-0.3, -0.25) is 9.36 Å². The molecule has 1 aromatic heterocycles. The average molecular weight is 518 g/mol. The molecule has 0 aliphatic heterocycles. The van der Waals surface area contributed by atoms with Crippen molar-refractivity contribution in [2.45, 2.75) is 12.1 Å². The summed E-state index contributed by atoms with van der Waals surface area (Å²) >= 11 is 1.27. The Labute approximate surface area is 219 Å². The summed E-state index contributed by atoms with van der Waals surface area (Å²) in [6.45, 7) is 2.53. The Balaban J connectivity index is 1.50. The molecule has 37 heavy (non-hydrogen) atoms. The molecule has 0 fully saturated rings. The Morgan fingerprint density at radius 1 is 1.00 bits per heavy atom. The van der Waals surface area contributed by atoms with E-state index >= 15 is 0 Å². The lowest BCUT2D eigenvalue weighted by atomic mass is 10.2. The molecule has 1 N–H and O–H groups in total. The van der Waals surface area contributed by atoms with Gasteiger partial charge in [0, 0.05) is 16.8 Å². The molecule has 3 aromatic carbocycles. The van der Waals surface area contributed by atoms with Crippen molar-refractivity contribution >= 4 is 23.9 Å². The van der Waals surface area contributed by atoms with Gasteiger partial charge in [0.1, 0.15) is 5.75 Å². The van der Waals surface area contributed by atoms with Crippen molar-refractivity contribution in [1.29, 1.82) is 0 Å². The van der Waals surface area contributed by atoms with Crippen LogP contribution in [-0.2, 0) is 4.79 Å². The van der Waals surface area contributed by atoms with Crippen LogP contribution in [0.2, 0.25) is 0 Å². The summed E-state index contributed by atoms with van der Waals surface area (Å²) in [5.74, 6) is 2.38. The monoisotopic (exact) mass is 517 g/mol. The van der Waals surface area contributed by atoms with E-state index in [2.05, 4.69) is 20.7 Å². The molecule has 4 rings (SSSR count). The van der Waals surface area contributed by atoms with Gasteiger partial charge < -0.3 is 14.2 Å². The third-order valence-corrected chi connectivity index (χ3v) is 6.16. The highest BCUT2D eigenvalue weighted by atomic mass is 32.2. The highest BCUT2D eigenvalue weighted by molar-refractivity contribution is 7.99. The smallest absolute Gasteiger partial charge is 0.250 e. The Bertz CT molecular complexity index is 1360. The summed E-state index contributed by atoms with van der Waals surface area (Å²) in [6, 6.07) is 22.9. The number of aromatic nitrogens is 3. The van der Waals surface area contributed by atoms with Crippen LogP contribution in [0.5, 0.6) is 17.2 Å². The molecule has 0 atom stereocenters. The maximum Gasteiger partial charge on any atom is 0.250 e. The van der Waals surface area contributed by atoms with E-state index in [-0.39, 0.29) is 11.7 Å². The molecule has 0 radical (unpaired) electrons. The molecule has 0 saturated heterocycles. The zero-order valence-electron chi connectivity index (χ0n) is 20.7. The third-order valence-electron chi connectivity index (χ3n) is 5.23. The van der Waals surface area contributed by atoms with Gasteiger partial charge >= 0.3 is 0 Å². The molecule has 190 valence electrons. The number of methoxy groups -OCH3 is 2. The minimum Gasteiger partial charge on any atom is -0.494 e. The first-order valence-corrected chi connectivity index (χ1v) is 12.5. The normalized spacial score (nSPS) is 10.9. The van der Waals surface area contributed by atoms with Crippen molar-refractivity contribution in [3.8, 4) is 34.3 Å². The maximum absolute atomic E-state index is 12.5. The summed E-state index contributed by atoms with van der Waals surface area (Å²) in [5, 5.41) is 13.4. The number of carbonyl (C=O) groups is 1. The Hall–Kier alpha value is -4.31. The minimum atomic E-state index is -0.286. The van der Waals surface area contributed by atoms with E-state index in [4.69, 9.17) is 14.2 Å². The van der Waals surface area contributed by atoms with E-state index in [0.29, 0.717) is 34.7 Å². The van der Waals surface area contributed by atoms with Gasteiger partial charge in [-0.05, 0) is 43.3 Å². The summed E-state index contributed by atoms with van der Waals surface area (Å²) < 4.78 is 18.2. The molecular weight excluding hydrogens is 490 g/mol. The molecule has 10 heteroatoms. The maximum atomic E-state index is 12.5. The molecule has 0 aliphatic rings. The van der Waals surface area contributed by atoms with Gasteiger partial charge in [0.2, 0.25) is 0 Å². The van der Waals surface area contributed by atoms with E-state index in [1.54, 1.807) is 20.3 Å². The van der Waals surface area contributed by atoms with Crippen LogP contribution in [0.3, 0.4) is 0 Å². The summed E-state index contributed by atoms with van der Waals surface area (Å²) in [7, 11) is 3.11. The average Bonchev–Trinajstić information content (AvgIpc) is 3.36. The first-order valence-electron chi connectivity index (χ1n) is 11.5. The lowest BCUT2D eigenvalue weighted by Gasteiger charge is -2.11. The van der Waals surface area contributed by atoms with Crippen LogP contribution >= 0.6 is 11.8 Å². The fourth-order valence-electron chi connectivity index (χ4n) is 3.58. The third kappa shape index (κ3) is 6.28.